The van der Waals surface area contributed by atoms with Crippen molar-refractivity contribution in [3.05, 3.63) is 0 Å². The number of nitrogens with zero attached hydrogens (tertiary/aromatic N) is 1. The smallest absolute Gasteiger partial charge is 0.315 e. The number of rotatable bonds is 6. The predicted molar refractivity (Wildman–Crippen MR) is 70.1 cm³/mol. The highest BCUT2D eigenvalue weighted by Crippen LogP contribution is 2.07. The quantitative estimate of drug-likeness (QED) is 0.627. The molecule has 1 heterocycles. The van der Waals surface area contributed by atoms with Gasteiger partial charge in [-0.2, -0.15) is 0 Å². The molecule has 1 saturated heterocycles. The molecule has 0 bridgehead atoms. The minimum atomic E-state index is -0.942. The molecule has 1 fully saturated rings. The third-order valence-corrected chi connectivity index (χ3v) is 3.19. The van der Waals surface area contributed by atoms with Crippen molar-refractivity contribution in [1.82, 2.24) is 15.5 Å². The second kappa shape index (κ2) is 7.96. The molecule has 0 aliphatic carbocycles. The van der Waals surface area contributed by atoms with E-state index in [9.17, 15) is 9.59 Å². The SMILES string of the molecule is COC(CNC(=O)NC1CCCN(C)C1)CC(=O)O. The number of hydrogen-bond donors (Lipinski definition) is 3. The first kappa shape index (κ1) is 15.7. The van der Waals surface area contributed by atoms with Crippen molar-refractivity contribution in [2.75, 3.05) is 33.8 Å². The number of aliphatic carboxylic acids is 1. The number of likely N-dealkylation sites (N-methyl/N-ethyl adjacent to an activating group) is 1. The number of nitrogens with one attached hydrogen (secondary N) is 2. The molecule has 110 valence electrons. The van der Waals surface area contributed by atoms with E-state index in [0.717, 1.165) is 25.9 Å². The molecular formula is C12H23N3O4. The van der Waals surface area contributed by atoms with Crippen molar-refractivity contribution in [1.29, 1.82) is 0 Å². The van der Waals surface area contributed by atoms with Gasteiger partial charge in [-0.1, -0.05) is 0 Å². The first-order valence-electron chi connectivity index (χ1n) is 6.48. The van der Waals surface area contributed by atoms with E-state index in [1.807, 2.05) is 7.05 Å². The zero-order valence-electron chi connectivity index (χ0n) is 11.5. The largest absolute Gasteiger partial charge is 0.481 e. The van der Waals surface area contributed by atoms with Crippen molar-refractivity contribution in [2.24, 2.45) is 0 Å². The summed E-state index contributed by atoms with van der Waals surface area (Å²) in [6, 6.07) is -0.119. The van der Waals surface area contributed by atoms with Crippen LogP contribution in [0.15, 0.2) is 0 Å². The van der Waals surface area contributed by atoms with Gasteiger partial charge >= 0.3 is 12.0 Å². The number of methoxy groups -OCH3 is 1. The van der Waals surface area contributed by atoms with Crippen LogP contribution in [-0.4, -0.2) is 67.9 Å². The Morgan fingerprint density at radius 1 is 1.53 bits per heavy atom. The van der Waals surface area contributed by atoms with Gasteiger partial charge in [0.15, 0.2) is 0 Å². The number of carbonyl (C=O) groups is 2. The minimum absolute atomic E-state index is 0.122. The van der Waals surface area contributed by atoms with E-state index < -0.39 is 12.1 Å². The van der Waals surface area contributed by atoms with Crippen LogP contribution in [0.2, 0.25) is 0 Å². The third kappa shape index (κ3) is 6.40. The number of ether oxygens (including phenoxy) is 1. The summed E-state index contributed by atoms with van der Waals surface area (Å²) in [4.78, 5) is 24.4. The van der Waals surface area contributed by atoms with E-state index in [1.54, 1.807) is 0 Å². The summed E-state index contributed by atoms with van der Waals surface area (Å²) < 4.78 is 4.99. The maximum absolute atomic E-state index is 11.7. The molecule has 0 saturated carbocycles. The molecule has 0 radical (unpaired) electrons. The van der Waals surface area contributed by atoms with Crippen LogP contribution in [0.1, 0.15) is 19.3 Å². The number of likely N-dealkylation sites (tertiary alicyclic amines) is 1. The van der Waals surface area contributed by atoms with Gasteiger partial charge in [-0.05, 0) is 26.4 Å². The van der Waals surface area contributed by atoms with Crippen LogP contribution in [0.25, 0.3) is 0 Å². The lowest BCUT2D eigenvalue weighted by atomic mass is 10.1. The Kier molecular flexibility index (Phi) is 6.58. The van der Waals surface area contributed by atoms with E-state index in [4.69, 9.17) is 9.84 Å². The zero-order chi connectivity index (χ0) is 14.3. The first-order valence-corrected chi connectivity index (χ1v) is 6.48. The number of hydrogen-bond acceptors (Lipinski definition) is 4. The molecule has 3 N–H and O–H groups in total. The van der Waals surface area contributed by atoms with Gasteiger partial charge in [0.2, 0.25) is 0 Å². The van der Waals surface area contributed by atoms with Crippen LogP contribution >= 0.6 is 0 Å². The lowest BCUT2D eigenvalue weighted by Crippen LogP contribution is -2.50. The number of piperidine rings is 1. The van der Waals surface area contributed by atoms with Gasteiger partial charge in [0.05, 0.1) is 12.5 Å². The molecule has 1 rings (SSSR count). The molecule has 19 heavy (non-hydrogen) atoms. The Morgan fingerprint density at radius 2 is 2.26 bits per heavy atom. The van der Waals surface area contributed by atoms with E-state index >= 15 is 0 Å². The molecule has 0 aromatic rings. The minimum Gasteiger partial charge on any atom is -0.481 e. The van der Waals surface area contributed by atoms with Crippen molar-refractivity contribution in [3.63, 3.8) is 0 Å². The Morgan fingerprint density at radius 3 is 2.84 bits per heavy atom. The third-order valence-electron chi connectivity index (χ3n) is 3.19. The molecule has 2 atom stereocenters. The average molecular weight is 273 g/mol. The topological polar surface area (TPSA) is 90.9 Å². The number of urea groups is 1. The van der Waals surface area contributed by atoms with Crippen LogP contribution in [-0.2, 0) is 9.53 Å². The fraction of sp³-hybridized carbons (Fsp3) is 0.833. The normalized spacial score (nSPS) is 21.7. The lowest BCUT2D eigenvalue weighted by molar-refractivity contribution is -0.139. The summed E-state index contributed by atoms with van der Waals surface area (Å²) in [5, 5.41) is 14.2. The molecule has 2 unspecified atom stereocenters. The fourth-order valence-corrected chi connectivity index (χ4v) is 2.16. The van der Waals surface area contributed by atoms with Gasteiger partial charge in [0.25, 0.3) is 0 Å². The standard InChI is InChI=1S/C12H23N3O4/c1-15-5-3-4-9(8-15)14-12(18)13-7-10(19-2)6-11(16)17/h9-10H,3-8H2,1-2H3,(H,16,17)(H2,13,14,18). The van der Waals surface area contributed by atoms with Gasteiger partial charge in [-0.15, -0.1) is 0 Å². The number of amides is 2. The zero-order valence-corrected chi connectivity index (χ0v) is 11.5. The van der Waals surface area contributed by atoms with Crippen LogP contribution < -0.4 is 10.6 Å². The molecule has 0 spiro atoms. The maximum Gasteiger partial charge on any atom is 0.315 e. The van der Waals surface area contributed by atoms with Crippen molar-refractivity contribution < 1.29 is 19.4 Å². The lowest BCUT2D eigenvalue weighted by Gasteiger charge is -2.30. The Hall–Kier alpha value is -1.34. The summed E-state index contributed by atoms with van der Waals surface area (Å²) in [7, 11) is 3.46. The van der Waals surface area contributed by atoms with Crippen LogP contribution in [0.4, 0.5) is 4.79 Å². The molecule has 0 aromatic carbocycles. The first-order chi connectivity index (χ1) is 9.01. The highest BCUT2D eigenvalue weighted by atomic mass is 16.5. The molecular weight excluding hydrogens is 250 g/mol. The van der Waals surface area contributed by atoms with Gasteiger partial charge in [0.1, 0.15) is 0 Å². The Bertz CT molecular complexity index is 311. The van der Waals surface area contributed by atoms with Crippen molar-refractivity contribution in [3.8, 4) is 0 Å². The molecule has 1 aliphatic rings. The van der Waals surface area contributed by atoms with Crippen LogP contribution in [0, 0.1) is 0 Å². The van der Waals surface area contributed by atoms with Crippen molar-refractivity contribution in [2.45, 2.75) is 31.4 Å². The van der Waals surface area contributed by atoms with Gasteiger partial charge in [-0.25, -0.2) is 4.79 Å². The van der Waals surface area contributed by atoms with Crippen LogP contribution in [0.3, 0.4) is 0 Å². The van der Waals surface area contributed by atoms with E-state index in [1.165, 1.54) is 7.11 Å². The summed E-state index contributed by atoms with van der Waals surface area (Å²) in [5.74, 6) is -0.942. The van der Waals surface area contributed by atoms with E-state index in [0.29, 0.717) is 0 Å². The van der Waals surface area contributed by atoms with Crippen LogP contribution in [0.5, 0.6) is 0 Å². The fourth-order valence-electron chi connectivity index (χ4n) is 2.16. The predicted octanol–water partition coefficient (Wildman–Crippen LogP) is -0.130. The van der Waals surface area contributed by atoms with Gasteiger partial charge < -0.3 is 25.4 Å². The van der Waals surface area contributed by atoms with Gasteiger partial charge in [0, 0.05) is 26.2 Å². The Labute approximate surface area is 113 Å². The van der Waals surface area contributed by atoms with E-state index in [2.05, 4.69) is 15.5 Å². The molecule has 7 heteroatoms. The monoisotopic (exact) mass is 273 g/mol. The highest BCUT2D eigenvalue weighted by molar-refractivity contribution is 5.74. The summed E-state index contributed by atoms with van der Waals surface area (Å²) in [6.07, 6.45) is 1.42. The number of carbonyl (C=O) groups excluding carboxylic acids is 1. The number of carboxylic acids is 1. The molecule has 1 aliphatic heterocycles. The van der Waals surface area contributed by atoms with Crippen molar-refractivity contribution >= 4 is 12.0 Å². The molecule has 7 nitrogen and oxygen atoms in total. The summed E-state index contributed by atoms with van der Waals surface area (Å²) in [5.41, 5.74) is 0. The number of carboxylic acid groups (broad SMARTS) is 1. The summed E-state index contributed by atoms with van der Waals surface area (Å²) >= 11 is 0. The summed E-state index contributed by atoms with van der Waals surface area (Å²) in [6.45, 7) is 2.09. The molecule has 2 amide bonds. The highest BCUT2D eigenvalue weighted by Gasteiger charge is 2.19. The maximum atomic E-state index is 11.7. The van der Waals surface area contributed by atoms with E-state index in [-0.39, 0.29) is 25.0 Å². The second-order valence-electron chi connectivity index (χ2n) is 4.91. The van der Waals surface area contributed by atoms with Gasteiger partial charge in [-0.3, -0.25) is 4.79 Å². The molecule has 0 aromatic heterocycles. The second-order valence-corrected chi connectivity index (χ2v) is 4.91. The Balaban J connectivity index is 2.24. The average Bonchev–Trinajstić information content (AvgIpc) is 2.34.